The first-order chi connectivity index (χ1) is 6.00. The molecule has 1 saturated heterocycles. The van der Waals surface area contributed by atoms with Crippen molar-refractivity contribution in [3.8, 4) is 0 Å². The second-order valence-corrected chi connectivity index (χ2v) is 3.26. The van der Waals surface area contributed by atoms with Crippen LogP contribution < -0.4 is 10.6 Å². The highest BCUT2D eigenvalue weighted by molar-refractivity contribution is 6.04. The van der Waals surface area contributed by atoms with Crippen molar-refractivity contribution in [2.24, 2.45) is 5.92 Å². The summed E-state index contributed by atoms with van der Waals surface area (Å²) in [5.74, 6) is -0.527. The quantitative estimate of drug-likeness (QED) is 0.597. The summed E-state index contributed by atoms with van der Waals surface area (Å²) in [7, 11) is 0. The van der Waals surface area contributed by atoms with Crippen molar-refractivity contribution >= 4 is 17.7 Å². The summed E-state index contributed by atoms with van der Waals surface area (Å²) >= 11 is 0. The smallest absolute Gasteiger partial charge is 0.322 e. The van der Waals surface area contributed by atoms with Gasteiger partial charge in [-0.15, -0.1) is 0 Å². The Balaban J connectivity index is 2.50. The van der Waals surface area contributed by atoms with Gasteiger partial charge in [0, 0.05) is 5.92 Å². The Morgan fingerprint density at radius 1 is 1.54 bits per heavy atom. The molecule has 0 bridgehead atoms. The molecule has 5 heteroatoms. The highest BCUT2D eigenvalue weighted by Crippen LogP contribution is 2.09. The summed E-state index contributed by atoms with van der Waals surface area (Å²) in [5.41, 5.74) is 0. The van der Waals surface area contributed by atoms with Crippen LogP contribution in [0.4, 0.5) is 4.79 Å². The lowest BCUT2D eigenvalue weighted by atomic mass is 9.98. The molecule has 0 aromatic heterocycles. The lowest BCUT2D eigenvalue weighted by Gasteiger charge is -2.10. The maximum atomic E-state index is 11.0. The number of carbonyl (C=O) groups excluding carboxylic acids is 3. The zero-order chi connectivity index (χ0) is 10.0. The summed E-state index contributed by atoms with van der Waals surface area (Å²) in [6.07, 6.45) is 0.368. The highest BCUT2D eigenvalue weighted by atomic mass is 16.2. The number of amides is 3. The zero-order valence-corrected chi connectivity index (χ0v) is 7.59. The fourth-order valence-corrected chi connectivity index (χ4v) is 1.14. The molecular weight excluding hydrogens is 172 g/mol. The molecule has 1 aliphatic heterocycles. The largest absolute Gasteiger partial charge is 0.326 e. The fraction of sp³-hybridized carbons (Fsp3) is 0.625. The van der Waals surface area contributed by atoms with Gasteiger partial charge in [0.1, 0.15) is 11.8 Å². The Kier molecular flexibility index (Phi) is 2.65. The van der Waals surface area contributed by atoms with E-state index in [0.29, 0.717) is 6.42 Å². The van der Waals surface area contributed by atoms with Gasteiger partial charge in [-0.2, -0.15) is 0 Å². The maximum absolute atomic E-state index is 11.0. The van der Waals surface area contributed by atoms with Crippen LogP contribution in [0.2, 0.25) is 0 Å². The van der Waals surface area contributed by atoms with Gasteiger partial charge in [-0.25, -0.2) is 4.79 Å². The average Bonchev–Trinajstić information content (AvgIpc) is 2.30. The van der Waals surface area contributed by atoms with Crippen LogP contribution in [0, 0.1) is 5.92 Å². The van der Waals surface area contributed by atoms with Gasteiger partial charge >= 0.3 is 6.03 Å². The monoisotopic (exact) mass is 184 g/mol. The number of imide groups is 1. The standard InChI is InChI=1S/C8H12N2O3/c1-4(5(2)11)3-6-7(12)10-8(13)9-6/h4,6H,3H2,1-2H3,(H2,9,10,12,13). The highest BCUT2D eigenvalue weighted by Gasteiger charge is 2.31. The van der Waals surface area contributed by atoms with Crippen LogP contribution in [-0.4, -0.2) is 23.8 Å². The fourth-order valence-electron chi connectivity index (χ4n) is 1.14. The van der Waals surface area contributed by atoms with Crippen molar-refractivity contribution in [3.63, 3.8) is 0 Å². The third-order valence-corrected chi connectivity index (χ3v) is 2.14. The Labute approximate surface area is 75.9 Å². The number of carbonyl (C=O) groups is 3. The molecule has 5 nitrogen and oxygen atoms in total. The summed E-state index contributed by atoms with van der Waals surface area (Å²) in [6.45, 7) is 3.21. The molecule has 1 rings (SSSR count). The molecular formula is C8H12N2O3. The summed E-state index contributed by atoms with van der Waals surface area (Å²) < 4.78 is 0. The van der Waals surface area contributed by atoms with Gasteiger partial charge < -0.3 is 5.32 Å². The van der Waals surface area contributed by atoms with E-state index in [0.717, 1.165) is 0 Å². The Morgan fingerprint density at radius 2 is 2.15 bits per heavy atom. The molecule has 72 valence electrons. The third kappa shape index (κ3) is 2.27. The second kappa shape index (κ2) is 3.55. The van der Waals surface area contributed by atoms with E-state index >= 15 is 0 Å². The molecule has 1 aliphatic rings. The van der Waals surface area contributed by atoms with Crippen LogP contribution >= 0.6 is 0 Å². The minimum Gasteiger partial charge on any atom is -0.326 e. The Hall–Kier alpha value is -1.39. The van der Waals surface area contributed by atoms with Gasteiger partial charge in [0.2, 0.25) is 0 Å². The van der Waals surface area contributed by atoms with Crippen LogP contribution in [0.15, 0.2) is 0 Å². The van der Waals surface area contributed by atoms with Crippen molar-refractivity contribution in [1.82, 2.24) is 10.6 Å². The molecule has 3 amide bonds. The number of Topliss-reactive ketones (excluding diaryl/α,β-unsaturated/α-hetero) is 1. The predicted octanol–water partition coefficient (Wildman–Crippen LogP) is -0.190. The molecule has 13 heavy (non-hydrogen) atoms. The molecule has 2 N–H and O–H groups in total. The van der Waals surface area contributed by atoms with E-state index < -0.39 is 12.1 Å². The molecule has 2 atom stereocenters. The van der Waals surface area contributed by atoms with Crippen LogP contribution in [0.1, 0.15) is 20.3 Å². The molecule has 1 heterocycles. The van der Waals surface area contributed by atoms with Crippen molar-refractivity contribution in [1.29, 1.82) is 0 Å². The molecule has 0 aliphatic carbocycles. The maximum Gasteiger partial charge on any atom is 0.322 e. The molecule has 0 saturated carbocycles. The molecule has 0 aromatic carbocycles. The minimum atomic E-state index is -0.550. The first-order valence-corrected chi connectivity index (χ1v) is 4.12. The normalized spacial score (nSPS) is 23.7. The van der Waals surface area contributed by atoms with Crippen LogP contribution in [-0.2, 0) is 9.59 Å². The predicted molar refractivity (Wildman–Crippen MR) is 44.9 cm³/mol. The third-order valence-electron chi connectivity index (χ3n) is 2.14. The van der Waals surface area contributed by atoms with Gasteiger partial charge in [0.05, 0.1) is 0 Å². The first kappa shape index (κ1) is 9.70. The number of ketones is 1. The van der Waals surface area contributed by atoms with Gasteiger partial charge in [0.15, 0.2) is 0 Å². The van der Waals surface area contributed by atoms with E-state index in [9.17, 15) is 14.4 Å². The van der Waals surface area contributed by atoms with E-state index in [1.807, 2.05) is 0 Å². The van der Waals surface area contributed by atoms with Crippen molar-refractivity contribution in [3.05, 3.63) is 0 Å². The Bertz CT molecular complexity index is 262. The summed E-state index contributed by atoms with van der Waals surface area (Å²) in [5, 5.41) is 4.55. The second-order valence-electron chi connectivity index (χ2n) is 3.26. The van der Waals surface area contributed by atoms with Gasteiger partial charge in [-0.1, -0.05) is 6.92 Å². The van der Waals surface area contributed by atoms with E-state index in [4.69, 9.17) is 0 Å². The lowest BCUT2D eigenvalue weighted by Crippen LogP contribution is -2.32. The van der Waals surface area contributed by atoms with Crippen molar-refractivity contribution in [2.45, 2.75) is 26.3 Å². The van der Waals surface area contributed by atoms with Gasteiger partial charge in [0.25, 0.3) is 5.91 Å². The minimum absolute atomic E-state index is 0.0222. The van der Waals surface area contributed by atoms with E-state index in [-0.39, 0.29) is 17.6 Å². The number of urea groups is 1. The SMILES string of the molecule is CC(=O)C(C)CC1NC(=O)NC1=O. The van der Waals surface area contributed by atoms with Crippen LogP contribution in [0.25, 0.3) is 0 Å². The molecule has 2 unspecified atom stereocenters. The van der Waals surface area contributed by atoms with Crippen LogP contribution in [0.3, 0.4) is 0 Å². The number of nitrogens with one attached hydrogen (secondary N) is 2. The topological polar surface area (TPSA) is 75.3 Å². The molecule has 0 spiro atoms. The number of hydrogen-bond donors (Lipinski definition) is 2. The van der Waals surface area contributed by atoms with Crippen molar-refractivity contribution < 1.29 is 14.4 Å². The lowest BCUT2D eigenvalue weighted by molar-refractivity contribution is -0.122. The van der Waals surface area contributed by atoms with Crippen LogP contribution in [0.5, 0.6) is 0 Å². The summed E-state index contributed by atoms with van der Waals surface area (Å²) in [4.78, 5) is 32.6. The van der Waals surface area contributed by atoms with Gasteiger partial charge in [-0.05, 0) is 13.3 Å². The van der Waals surface area contributed by atoms with E-state index in [1.54, 1.807) is 6.92 Å². The van der Waals surface area contributed by atoms with E-state index in [1.165, 1.54) is 6.92 Å². The first-order valence-electron chi connectivity index (χ1n) is 4.12. The molecule has 1 fully saturated rings. The van der Waals surface area contributed by atoms with Gasteiger partial charge in [-0.3, -0.25) is 14.9 Å². The van der Waals surface area contributed by atoms with E-state index in [2.05, 4.69) is 10.6 Å². The molecule has 0 radical (unpaired) electrons. The summed E-state index contributed by atoms with van der Waals surface area (Å²) in [6, 6.07) is -1.03. The average molecular weight is 184 g/mol. The molecule has 0 aromatic rings. The Morgan fingerprint density at radius 3 is 2.54 bits per heavy atom. The zero-order valence-electron chi connectivity index (χ0n) is 7.59. The number of hydrogen-bond acceptors (Lipinski definition) is 3. The number of rotatable bonds is 3. The van der Waals surface area contributed by atoms with Crippen molar-refractivity contribution in [2.75, 3.05) is 0 Å².